The first-order chi connectivity index (χ1) is 19.3. The average molecular weight is 548 g/mol. The number of para-hydroxylation sites is 1. The van der Waals surface area contributed by atoms with Crippen molar-refractivity contribution in [1.29, 1.82) is 0 Å². The summed E-state index contributed by atoms with van der Waals surface area (Å²) in [6.07, 6.45) is -6.33. The van der Waals surface area contributed by atoms with Gasteiger partial charge in [0.2, 0.25) is 6.29 Å². The number of ether oxygens (including phenoxy) is 2. The van der Waals surface area contributed by atoms with Crippen LogP contribution < -0.4 is 0 Å². The number of aromatic nitrogens is 1. The van der Waals surface area contributed by atoms with Gasteiger partial charge in [-0.05, 0) is 29.7 Å². The van der Waals surface area contributed by atoms with Gasteiger partial charge in [-0.3, -0.25) is 9.59 Å². The third-order valence-electron chi connectivity index (χ3n) is 7.16. The summed E-state index contributed by atoms with van der Waals surface area (Å²) in [5.74, 6) is -2.38. The lowest BCUT2D eigenvalue weighted by Gasteiger charge is -2.37. The highest BCUT2D eigenvalue weighted by molar-refractivity contribution is 6.21. The molecule has 0 saturated carbocycles. The van der Waals surface area contributed by atoms with Gasteiger partial charge in [0, 0.05) is 41.2 Å². The lowest BCUT2D eigenvalue weighted by atomic mass is 9.97. The van der Waals surface area contributed by atoms with E-state index in [9.17, 15) is 29.7 Å². The second kappa shape index (κ2) is 11.6. The number of fused-ring (bicyclic) bond motifs is 2. The first-order valence-corrected chi connectivity index (χ1v) is 13.0. The Morgan fingerprint density at radius 1 is 0.800 bits per heavy atom. The quantitative estimate of drug-likeness (QED) is 0.141. The van der Waals surface area contributed by atoms with Crippen LogP contribution in [0.3, 0.4) is 0 Å². The van der Waals surface area contributed by atoms with E-state index in [2.05, 4.69) is 0 Å². The van der Waals surface area contributed by atoms with Crippen molar-refractivity contribution in [3.63, 3.8) is 0 Å². The van der Waals surface area contributed by atoms with E-state index in [1.165, 1.54) is 0 Å². The molecule has 0 spiro atoms. The molecule has 1 aliphatic heterocycles. The Morgan fingerprint density at radius 3 is 2.27 bits per heavy atom. The van der Waals surface area contributed by atoms with Gasteiger partial charge < -0.3 is 34.5 Å². The van der Waals surface area contributed by atoms with Gasteiger partial charge in [0.1, 0.15) is 18.3 Å². The lowest BCUT2D eigenvalue weighted by Crippen LogP contribution is -2.60. The Balaban J connectivity index is 1.24. The number of rotatable bonds is 9. The number of hydrogen-bond acceptors (Lipinski definition) is 8. The van der Waals surface area contributed by atoms with Gasteiger partial charge in [0.05, 0.1) is 0 Å². The number of carbonyl (C=O) groups excluding carboxylic acids is 2. The molecule has 10 nitrogen and oxygen atoms in total. The number of ketones is 1. The normalized spacial score (nSPS) is 22.8. The molecule has 1 aliphatic rings. The van der Waals surface area contributed by atoms with E-state index in [1.807, 2.05) is 77.5 Å². The van der Waals surface area contributed by atoms with E-state index in [-0.39, 0.29) is 12.2 Å². The molecule has 5 rings (SSSR count). The molecule has 1 fully saturated rings. The third-order valence-corrected chi connectivity index (χ3v) is 7.16. The number of aliphatic hydroxyl groups excluding tert-OH is 3. The number of esters is 1. The first kappa shape index (κ1) is 27.5. The second-order valence-electron chi connectivity index (χ2n) is 9.79. The molecule has 3 aromatic carbocycles. The topological polar surface area (TPSA) is 156 Å². The first-order valence-electron chi connectivity index (χ1n) is 13.0. The van der Waals surface area contributed by atoms with Crippen molar-refractivity contribution in [3.05, 3.63) is 84.1 Å². The van der Waals surface area contributed by atoms with Gasteiger partial charge in [-0.1, -0.05) is 60.7 Å². The summed E-state index contributed by atoms with van der Waals surface area (Å²) in [5.41, 5.74) is 2.10. The van der Waals surface area contributed by atoms with E-state index in [1.54, 1.807) is 0 Å². The number of aryl methyl sites for hydroxylation is 1. The van der Waals surface area contributed by atoms with Gasteiger partial charge in [0.15, 0.2) is 11.9 Å². The van der Waals surface area contributed by atoms with E-state index in [4.69, 9.17) is 14.6 Å². The molecule has 10 heteroatoms. The van der Waals surface area contributed by atoms with Gasteiger partial charge in [-0.15, -0.1) is 0 Å². The van der Waals surface area contributed by atoms with Crippen molar-refractivity contribution >= 4 is 39.4 Å². The van der Waals surface area contributed by atoms with E-state index < -0.39 is 42.6 Å². The van der Waals surface area contributed by atoms with Crippen molar-refractivity contribution in [1.82, 2.24) is 4.57 Å². The molecular formula is C30H29NO9. The fourth-order valence-electron chi connectivity index (χ4n) is 5.07. The molecule has 0 amide bonds. The molecule has 208 valence electrons. The van der Waals surface area contributed by atoms with E-state index >= 15 is 0 Å². The number of carboxylic acid groups (broad SMARTS) is 1. The highest BCUT2D eigenvalue weighted by Crippen LogP contribution is 2.28. The maximum Gasteiger partial charge on any atom is 0.335 e. The fourth-order valence-corrected chi connectivity index (χ4v) is 5.07. The number of benzene rings is 3. The zero-order chi connectivity index (χ0) is 28.4. The van der Waals surface area contributed by atoms with Crippen molar-refractivity contribution in [2.24, 2.45) is 0 Å². The van der Waals surface area contributed by atoms with Crippen LogP contribution in [-0.2, 0) is 25.6 Å². The highest BCUT2D eigenvalue weighted by Gasteiger charge is 2.48. The Hall–Kier alpha value is -4.09. The van der Waals surface area contributed by atoms with Crippen LogP contribution in [-0.4, -0.2) is 73.4 Å². The fraction of sp³-hybridized carbons (Fsp3) is 0.300. The standard InChI is InChI=1S/C30H29NO9/c32-23(39-30-27(36)25(34)26(35)28(40-30)29(37)38)14-5-6-15-31-16-21(19-11-3-4-13-22(19)31)24(33)20-12-7-9-17-8-1-2-10-18(17)20/h1-4,7-13,16,25-28,30,34-36H,5-6,14-15H2,(H,37,38)/t25-,26-,27+,28-,30+/m0/s1. The predicted octanol–water partition coefficient (Wildman–Crippen LogP) is 2.63. The van der Waals surface area contributed by atoms with Crippen molar-refractivity contribution in [2.45, 2.75) is 56.5 Å². The average Bonchev–Trinajstić information content (AvgIpc) is 3.33. The van der Waals surface area contributed by atoms with Gasteiger partial charge in [-0.25, -0.2) is 4.79 Å². The monoisotopic (exact) mass is 547 g/mol. The summed E-state index contributed by atoms with van der Waals surface area (Å²) in [4.78, 5) is 37.2. The van der Waals surface area contributed by atoms with Gasteiger partial charge in [-0.2, -0.15) is 0 Å². The molecule has 5 atom stereocenters. The molecule has 1 aromatic heterocycles. The molecular weight excluding hydrogens is 518 g/mol. The number of aliphatic carboxylic acids is 1. The van der Waals surface area contributed by atoms with Crippen LogP contribution in [0.15, 0.2) is 72.9 Å². The summed E-state index contributed by atoms with van der Waals surface area (Å²) in [6.45, 7) is 0.519. The predicted molar refractivity (Wildman–Crippen MR) is 144 cm³/mol. The molecule has 2 heterocycles. The molecule has 0 aliphatic carbocycles. The number of hydrogen-bond donors (Lipinski definition) is 4. The number of carbonyl (C=O) groups is 3. The van der Waals surface area contributed by atoms with E-state index in [0.717, 1.165) is 21.7 Å². The van der Waals surface area contributed by atoms with Crippen LogP contribution in [0, 0.1) is 0 Å². The molecule has 4 aromatic rings. The zero-order valence-electron chi connectivity index (χ0n) is 21.4. The highest BCUT2D eigenvalue weighted by atomic mass is 16.7. The third kappa shape index (κ3) is 5.34. The Morgan fingerprint density at radius 2 is 1.50 bits per heavy atom. The molecule has 0 unspecified atom stereocenters. The minimum Gasteiger partial charge on any atom is -0.479 e. The Labute approximate surface area is 229 Å². The minimum absolute atomic E-state index is 0.0516. The van der Waals surface area contributed by atoms with Crippen molar-refractivity contribution < 1.29 is 44.3 Å². The lowest BCUT2D eigenvalue weighted by molar-refractivity contribution is -0.286. The molecule has 40 heavy (non-hydrogen) atoms. The van der Waals surface area contributed by atoms with Crippen molar-refractivity contribution in [2.75, 3.05) is 0 Å². The van der Waals surface area contributed by atoms with Gasteiger partial charge >= 0.3 is 11.9 Å². The Kier molecular flexibility index (Phi) is 7.95. The summed E-state index contributed by atoms with van der Waals surface area (Å²) in [7, 11) is 0. The van der Waals surface area contributed by atoms with Crippen LogP contribution in [0.2, 0.25) is 0 Å². The summed E-state index contributed by atoms with van der Waals surface area (Å²) >= 11 is 0. The smallest absolute Gasteiger partial charge is 0.335 e. The number of unbranched alkanes of at least 4 members (excludes halogenated alkanes) is 1. The maximum atomic E-state index is 13.7. The second-order valence-corrected chi connectivity index (χ2v) is 9.79. The minimum atomic E-state index is -1.86. The van der Waals surface area contributed by atoms with Crippen molar-refractivity contribution in [3.8, 4) is 0 Å². The largest absolute Gasteiger partial charge is 0.479 e. The molecule has 1 saturated heterocycles. The number of aliphatic hydroxyl groups is 3. The van der Waals surface area contributed by atoms with E-state index in [0.29, 0.717) is 30.5 Å². The van der Waals surface area contributed by atoms with Crippen LogP contribution in [0.5, 0.6) is 0 Å². The maximum absolute atomic E-state index is 13.7. The van der Waals surface area contributed by atoms with Crippen LogP contribution >= 0.6 is 0 Å². The zero-order valence-corrected chi connectivity index (χ0v) is 21.4. The van der Waals surface area contributed by atoms with Crippen LogP contribution in [0.1, 0.15) is 35.2 Å². The molecule has 0 radical (unpaired) electrons. The number of carboxylic acids is 1. The number of nitrogens with zero attached hydrogens (tertiary/aromatic N) is 1. The van der Waals surface area contributed by atoms with Gasteiger partial charge in [0.25, 0.3) is 0 Å². The van der Waals surface area contributed by atoms with Crippen LogP contribution in [0.4, 0.5) is 0 Å². The summed E-state index contributed by atoms with van der Waals surface area (Å²) in [5, 5.41) is 41.5. The van der Waals surface area contributed by atoms with Crippen LogP contribution in [0.25, 0.3) is 21.7 Å². The molecule has 0 bridgehead atoms. The molecule has 4 N–H and O–H groups in total. The Bertz CT molecular complexity index is 1560. The summed E-state index contributed by atoms with van der Waals surface area (Å²) in [6, 6.07) is 21.0. The SMILES string of the molecule is O=C(CCCCn1cc(C(=O)c2cccc3ccccc23)c2ccccc21)O[C@@H]1O[C@H](C(=O)O)[C@@H](O)[C@H](O)[C@H]1O. The summed E-state index contributed by atoms with van der Waals surface area (Å²) < 4.78 is 12.0.